The molecule has 1 fully saturated rings. The minimum atomic E-state index is -0.711. The monoisotopic (exact) mass is 337 g/mol. The molecular weight excluding hydrogens is 322 g/mol. The van der Waals surface area contributed by atoms with Crippen LogP contribution in [-0.2, 0) is 4.74 Å². The molecule has 24 heavy (non-hydrogen) atoms. The predicted molar refractivity (Wildman–Crippen MR) is 79.6 cm³/mol. The summed E-state index contributed by atoms with van der Waals surface area (Å²) in [6.45, 7) is 1.23. The minimum absolute atomic E-state index is 0.282. The van der Waals surface area contributed by atoms with Crippen molar-refractivity contribution in [2.24, 2.45) is 0 Å². The van der Waals surface area contributed by atoms with Crippen LogP contribution in [-0.4, -0.2) is 41.8 Å². The summed E-state index contributed by atoms with van der Waals surface area (Å²) in [5.74, 6) is -0.313. The number of aromatic amines is 1. The zero-order chi connectivity index (χ0) is 17.4. The van der Waals surface area contributed by atoms with Crippen LogP contribution in [0.4, 0.5) is 5.82 Å². The second-order valence-electron chi connectivity index (χ2n) is 5.53. The zero-order valence-corrected chi connectivity index (χ0v) is 12.7. The molecule has 11 heteroatoms. The van der Waals surface area contributed by atoms with Gasteiger partial charge in [0, 0.05) is 18.2 Å². The van der Waals surface area contributed by atoms with Crippen molar-refractivity contribution in [1.82, 2.24) is 19.1 Å². The van der Waals surface area contributed by atoms with Gasteiger partial charge < -0.3 is 24.5 Å². The second-order valence-corrected chi connectivity index (χ2v) is 5.53. The normalized spacial score (nSPS) is 23.5. The second kappa shape index (κ2) is 6.02. The van der Waals surface area contributed by atoms with Crippen molar-refractivity contribution in [2.45, 2.75) is 31.7 Å². The van der Waals surface area contributed by atoms with Crippen molar-refractivity contribution >= 4 is 5.82 Å². The summed E-state index contributed by atoms with van der Waals surface area (Å²) >= 11 is 0. The molecule has 0 aliphatic carbocycles. The standard InChI is InChI=1S/C13H15N5O6/c1-7-3-17(13(21)15-12(7)20)11-2-8(9(5-19)24-11)16-4-10(14-6-16)18(22)23/h3-4,6,8-9,11,19H,2,5H2,1H3,(H,15,20,21)/t8?,9-,11-/m1/s1. The molecule has 0 spiro atoms. The van der Waals surface area contributed by atoms with Crippen molar-refractivity contribution < 1.29 is 14.8 Å². The minimum Gasteiger partial charge on any atom is -0.394 e. The number of nitro groups is 1. The van der Waals surface area contributed by atoms with Crippen LogP contribution in [0.3, 0.4) is 0 Å². The molecule has 1 unspecified atom stereocenters. The molecular formula is C13H15N5O6. The van der Waals surface area contributed by atoms with E-state index in [4.69, 9.17) is 4.74 Å². The van der Waals surface area contributed by atoms with Crippen LogP contribution in [0.15, 0.2) is 28.3 Å². The average molecular weight is 337 g/mol. The van der Waals surface area contributed by atoms with E-state index >= 15 is 0 Å². The molecule has 1 aliphatic rings. The fourth-order valence-corrected chi connectivity index (χ4v) is 2.77. The van der Waals surface area contributed by atoms with E-state index in [1.807, 2.05) is 0 Å². The Kier molecular flexibility index (Phi) is 4.03. The fraction of sp³-hybridized carbons (Fsp3) is 0.462. The van der Waals surface area contributed by atoms with Gasteiger partial charge in [-0.05, 0) is 16.8 Å². The highest BCUT2D eigenvalue weighted by atomic mass is 16.6. The molecule has 3 heterocycles. The van der Waals surface area contributed by atoms with Crippen molar-refractivity contribution in [3.8, 4) is 0 Å². The number of hydrogen-bond acceptors (Lipinski definition) is 7. The van der Waals surface area contributed by atoms with E-state index in [1.54, 1.807) is 6.92 Å². The lowest BCUT2D eigenvalue weighted by molar-refractivity contribution is -0.389. The quantitative estimate of drug-likeness (QED) is 0.563. The fourth-order valence-electron chi connectivity index (χ4n) is 2.77. The Hall–Kier alpha value is -2.79. The van der Waals surface area contributed by atoms with Gasteiger partial charge in [0.2, 0.25) is 6.33 Å². The third kappa shape index (κ3) is 2.74. The molecule has 2 aromatic heterocycles. The maximum atomic E-state index is 12.0. The summed E-state index contributed by atoms with van der Waals surface area (Å²) in [4.78, 5) is 39.4. The summed E-state index contributed by atoms with van der Waals surface area (Å²) in [6, 6.07) is -0.430. The number of nitrogens with one attached hydrogen (secondary N) is 1. The van der Waals surface area contributed by atoms with Crippen LogP contribution in [0, 0.1) is 17.0 Å². The van der Waals surface area contributed by atoms with Gasteiger partial charge in [-0.15, -0.1) is 0 Å². The van der Waals surface area contributed by atoms with Crippen LogP contribution < -0.4 is 11.2 Å². The van der Waals surface area contributed by atoms with Crippen molar-refractivity contribution in [2.75, 3.05) is 6.61 Å². The largest absolute Gasteiger partial charge is 0.394 e. The van der Waals surface area contributed by atoms with Crippen LogP contribution >= 0.6 is 0 Å². The molecule has 2 N–H and O–H groups in total. The number of ether oxygens (including phenoxy) is 1. The van der Waals surface area contributed by atoms with Crippen LogP contribution in [0.2, 0.25) is 0 Å². The molecule has 3 rings (SSSR count). The number of aliphatic hydroxyl groups is 1. The topological polar surface area (TPSA) is 145 Å². The zero-order valence-electron chi connectivity index (χ0n) is 12.7. The highest BCUT2D eigenvalue weighted by Crippen LogP contribution is 2.36. The van der Waals surface area contributed by atoms with E-state index in [-0.39, 0.29) is 18.8 Å². The maximum absolute atomic E-state index is 12.0. The Balaban J connectivity index is 1.92. The number of imidazole rings is 1. The van der Waals surface area contributed by atoms with Gasteiger partial charge in [-0.1, -0.05) is 0 Å². The van der Waals surface area contributed by atoms with E-state index in [0.717, 1.165) is 0 Å². The van der Waals surface area contributed by atoms with Gasteiger partial charge in [0.1, 0.15) is 18.5 Å². The lowest BCUT2D eigenvalue weighted by atomic mass is 10.1. The Morgan fingerprint density at radius 2 is 2.25 bits per heavy atom. The van der Waals surface area contributed by atoms with Gasteiger partial charge in [0.25, 0.3) is 5.56 Å². The Bertz CT molecular complexity index is 883. The number of aromatic nitrogens is 4. The van der Waals surface area contributed by atoms with E-state index in [0.29, 0.717) is 5.56 Å². The highest BCUT2D eigenvalue weighted by molar-refractivity contribution is 5.14. The lowest BCUT2D eigenvalue weighted by Crippen LogP contribution is -2.33. The first-order valence-corrected chi connectivity index (χ1v) is 7.17. The number of H-pyrrole nitrogens is 1. The molecule has 2 aromatic rings. The van der Waals surface area contributed by atoms with Crippen LogP contribution in [0.25, 0.3) is 0 Å². The van der Waals surface area contributed by atoms with Gasteiger partial charge in [-0.2, -0.15) is 0 Å². The molecule has 11 nitrogen and oxygen atoms in total. The molecule has 0 aromatic carbocycles. The molecule has 0 saturated carbocycles. The summed E-state index contributed by atoms with van der Waals surface area (Å²) < 4.78 is 8.41. The average Bonchev–Trinajstić information content (AvgIpc) is 3.17. The van der Waals surface area contributed by atoms with Crippen LogP contribution in [0.5, 0.6) is 0 Å². The van der Waals surface area contributed by atoms with Crippen molar-refractivity contribution in [1.29, 1.82) is 0 Å². The summed E-state index contributed by atoms with van der Waals surface area (Å²) in [7, 11) is 0. The van der Waals surface area contributed by atoms with Gasteiger partial charge in [0.15, 0.2) is 0 Å². The van der Waals surface area contributed by atoms with Gasteiger partial charge in [-0.3, -0.25) is 14.3 Å². The molecule has 3 atom stereocenters. The highest BCUT2D eigenvalue weighted by Gasteiger charge is 2.38. The Morgan fingerprint density at radius 3 is 2.88 bits per heavy atom. The smallest absolute Gasteiger partial charge is 0.381 e. The lowest BCUT2D eigenvalue weighted by Gasteiger charge is -2.15. The molecule has 1 saturated heterocycles. The first-order valence-electron chi connectivity index (χ1n) is 7.17. The summed E-state index contributed by atoms with van der Waals surface area (Å²) in [5, 5.41) is 20.3. The van der Waals surface area contributed by atoms with E-state index in [2.05, 4.69) is 9.97 Å². The number of aliphatic hydroxyl groups excluding tert-OH is 1. The molecule has 0 radical (unpaired) electrons. The number of hydrogen-bond donors (Lipinski definition) is 2. The van der Waals surface area contributed by atoms with Gasteiger partial charge >= 0.3 is 11.5 Å². The molecule has 0 bridgehead atoms. The third-order valence-electron chi connectivity index (χ3n) is 4.00. The Morgan fingerprint density at radius 1 is 1.50 bits per heavy atom. The third-order valence-corrected chi connectivity index (χ3v) is 4.00. The first kappa shape index (κ1) is 16.1. The number of nitrogens with zero attached hydrogens (tertiary/aromatic N) is 4. The van der Waals surface area contributed by atoms with E-state index in [1.165, 1.54) is 27.9 Å². The molecule has 128 valence electrons. The number of aryl methyl sites for hydroxylation is 1. The van der Waals surface area contributed by atoms with Gasteiger partial charge in [-0.25, -0.2) is 4.79 Å². The molecule has 1 aliphatic heterocycles. The molecule has 0 amide bonds. The summed E-state index contributed by atoms with van der Waals surface area (Å²) in [6.07, 6.45) is 2.83. The maximum Gasteiger partial charge on any atom is 0.381 e. The Labute approximate surface area is 134 Å². The van der Waals surface area contributed by atoms with Crippen LogP contribution in [0.1, 0.15) is 24.3 Å². The first-order chi connectivity index (χ1) is 11.4. The van der Waals surface area contributed by atoms with Gasteiger partial charge in [0.05, 0.1) is 12.6 Å². The number of rotatable bonds is 4. The van der Waals surface area contributed by atoms with E-state index < -0.39 is 34.5 Å². The van der Waals surface area contributed by atoms with E-state index in [9.17, 15) is 24.8 Å². The predicted octanol–water partition coefficient (Wildman–Crippen LogP) is -0.529. The SMILES string of the molecule is Cc1cn([C@H]2CC(n3cnc([N+](=O)[O-])c3)[C@@H](CO)O2)c(=O)[nH]c1=O. The van der Waals surface area contributed by atoms with Crippen molar-refractivity contribution in [3.05, 3.63) is 55.2 Å². The summed E-state index contributed by atoms with van der Waals surface area (Å²) in [5.41, 5.74) is -0.750. The van der Waals surface area contributed by atoms with Crippen molar-refractivity contribution in [3.63, 3.8) is 0 Å².